The van der Waals surface area contributed by atoms with Crippen LogP contribution in [-0.2, 0) is 20.8 Å². The van der Waals surface area contributed by atoms with Crippen molar-refractivity contribution in [1.82, 2.24) is 9.88 Å². The van der Waals surface area contributed by atoms with Crippen molar-refractivity contribution >= 4 is 44.4 Å². The maximum absolute atomic E-state index is 15.1. The Morgan fingerprint density at radius 1 is 1.15 bits per heavy atom. The van der Waals surface area contributed by atoms with E-state index in [1.807, 2.05) is 4.90 Å². The minimum atomic E-state index is -4.88. The van der Waals surface area contributed by atoms with E-state index in [0.29, 0.717) is 45.0 Å². The molecule has 0 bridgehead atoms. The Kier molecular flexibility index (Phi) is 7.22. The Morgan fingerprint density at radius 3 is 2.42 bits per heavy atom. The first-order valence-electron chi connectivity index (χ1n) is 12.4. The van der Waals surface area contributed by atoms with Crippen molar-refractivity contribution in [1.29, 1.82) is 5.26 Å². The fourth-order valence-electron chi connectivity index (χ4n) is 5.09. The van der Waals surface area contributed by atoms with Crippen LogP contribution in [0.25, 0.3) is 0 Å². The Balaban J connectivity index is 1.36. The molecule has 1 spiro atoms. The smallest absolute Gasteiger partial charge is 0.419 e. The van der Waals surface area contributed by atoms with Gasteiger partial charge in [-0.15, -0.1) is 0 Å². The molecular weight excluding hydrogens is 574 g/mol. The number of rotatable bonds is 6. The van der Waals surface area contributed by atoms with Crippen molar-refractivity contribution in [3.05, 3.63) is 47.5 Å². The van der Waals surface area contributed by atoms with E-state index in [1.165, 1.54) is 23.1 Å². The van der Waals surface area contributed by atoms with Gasteiger partial charge >= 0.3 is 6.18 Å². The number of benzene rings is 1. The molecule has 1 aromatic heterocycles. The lowest BCUT2D eigenvalue weighted by Crippen LogP contribution is -2.55. The molecule has 0 N–H and O–H groups in total. The van der Waals surface area contributed by atoms with Gasteiger partial charge in [0.2, 0.25) is 0 Å². The first kappa shape index (κ1) is 28.2. The van der Waals surface area contributed by atoms with E-state index in [-0.39, 0.29) is 40.3 Å². The number of carbonyl (C=O) groups excluding carboxylic acids is 1. The number of aromatic nitrogens is 1. The van der Waals surface area contributed by atoms with Crippen LogP contribution >= 0.6 is 12.2 Å². The highest BCUT2D eigenvalue weighted by Crippen LogP contribution is 2.48. The third kappa shape index (κ3) is 4.99. The molecule has 1 aliphatic carbocycles. The van der Waals surface area contributed by atoms with E-state index in [2.05, 4.69) is 4.98 Å². The van der Waals surface area contributed by atoms with Crippen molar-refractivity contribution in [2.24, 2.45) is 0 Å². The number of hydrogen-bond acceptors (Lipinski definition) is 8. The van der Waals surface area contributed by atoms with Gasteiger partial charge in [0, 0.05) is 31.4 Å². The minimum Gasteiger partial charge on any atom is -0.489 e. The van der Waals surface area contributed by atoms with Crippen LogP contribution in [0.1, 0.15) is 30.5 Å². The number of halogens is 4. The van der Waals surface area contributed by atoms with Gasteiger partial charge in [0.05, 0.1) is 29.0 Å². The summed E-state index contributed by atoms with van der Waals surface area (Å²) in [5, 5.41) is 8.93. The van der Waals surface area contributed by atoms with Crippen molar-refractivity contribution in [2.45, 2.75) is 31.0 Å². The zero-order valence-electron chi connectivity index (χ0n) is 20.9. The molecule has 0 radical (unpaired) electrons. The normalized spacial score (nSPS) is 20.5. The summed E-state index contributed by atoms with van der Waals surface area (Å²) in [6.07, 6.45) is -2.49. The zero-order valence-corrected chi connectivity index (χ0v) is 22.6. The van der Waals surface area contributed by atoms with E-state index in [4.69, 9.17) is 22.2 Å². The van der Waals surface area contributed by atoms with Crippen LogP contribution in [-0.4, -0.2) is 72.6 Å². The molecule has 2 saturated heterocycles. The molecule has 1 saturated carbocycles. The number of pyridine rings is 1. The average molecular weight is 598 g/mol. The van der Waals surface area contributed by atoms with Gasteiger partial charge in [0.1, 0.15) is 18.2 Å². The molecule has 2 aliphatic heterocycles. The molecule has 0 unspecified atom stereocenters. The summed E-state index contributed by atoms with van der Waals surface area (Å²) in [6, 6.07) is 6.14. The number of carbonyl (C=O) groups is 1. The van der Waals surface area contributed by atoms with Crippen molar-refractivity contribution in [2.75, 3.05) is 47.5 Å². The molecule has 1 aromatic carbocycles. The quantitative estimate of drug-likeness (QED) is 0.366. The van der Waals surface area contributed by atoms with Gasteiger partial charge < -0.3 is 9.64 Å². The number of sulfone groups is 1. The van der Waals surface area contributed by atoms with Crippen LogP contribution in [0.15, 0.2) is 30.5 Å². The molecule has 3 heterocycles. The van der Waals surface area contributed by atoms with E-state index < -0.39 is 44.5 Å². The van der Waals surface area contributed by atoms with Crippen LogP contribution in [0.5, 0.6) is 5.75 Å². The maximum atomic E-state index is 15.1. The predicted molar refractivity (Wildman–Crippen MR) is 140 cm³/mol. The lowest BCUT2D eigenvalue weighted by molar-refractivity contribution is -0.138. The lowest BCUT2D eigenvalue weighted by atomic mass is 9.75. The van der Waals surface area contributed by atoms with Crippen molar-refractivity contribution in [3.8, 4) is 11.8 Å². The predicted octanol–water partition coefficient (Wildman–Crippen LogP) is 3.28. The van der Waals surface area contributed by atoms with E-state index >= 15 is 4.39 Å². The third-order valence-corrected chi connectivity index (χ3v) is 9.39. The summed E-state index contributed by atoms with van der Waals surface area (Å²) < 4.78 is 84.5. The first-order valence-corrected chi connectivity index (χ1v) is 14.6. The molecule has 9 nitrogen and oxygen atoms in total. The van der Waals surface area contributed by atoms with Gasteiger partial charge in [-0.2, -0.15) is 18.4 Å². The minimum absolute atomic E-state index is 0.0459. The third-order valence-electron chi connectivity index (χ3n) is 7.41. The standard InChI is InChI=1S/C25H23F4N5O4S2/c26-19-13-16(2-3-21(19)38-9-6-32-7-10-40(36,37)11-8-32)34-23(39)33(22(35)24(34)4-1-5-24)17-12-18(25(27,28)29)20(14-30)31-15-17/h2-3,12-13,15H,1,4-11H2. The van der Waals surface area contributed by atoms with Gasteiger partial charge in [-0.1, -0.05) is 0 Å². The SMILES string of the molecule is N#Cc1ncc(N2C(=O)C3(CCC3)N(c3ccc(OCCN4CCS(=O)(=O)CC4)c(F)c3)C2=S)cc1C(F)(F)F. The van der Waals surface area contributed by atoms with Gasteiger partial charge in [0.25, 0.3) is 5.91 Å². The Bertz CT molecular complexity index is 1510. The second kappa shape index (κ2) is 10.2. The summed E-state index contributed by atoms with van der Waals surface area (Å²) in [7, 11) is -3.01. The molecular formula is C25H23F4N5O4S2. The van der Waals surface area contributed by atoms with Gasteiger partial charge in [-0.25, -0.2) is 17.8 Å². The van der Waals surface area contributed by atoms with Crippen LogP contribution < -0.4 is 14.5 Å². The molecule has 40 heavy (non-hydrogen) atoms. The topological polar surface area (TPSA) is 107 Å². The molecule has 1 amide bonds. The molecule has 15 heteroatoms. The summed E-state index contributed by atoms with van der Waals surface area (Å²) >= 11 is 5.54. The number of thiocarbonyl (C=S) groups is 1. The van der Waals surface area contributed by atoms with Crippen LogP contribution in [0.3, 0.4) is 0 Å². The molecule has 3 aliphatic rings. The number of nitriles is 1. The van der Waals surface area contributed by atoms with Crippen LogP contribution in [0.4, 0.5) is 28.9 Å². The Hall–Kier alpha value is -3.35. The summed E-state index contributed by atoms with van der Waals surface area (Å²) in [5.41, 5.74) is -3.28. The molecule has 0 atom stereocenters. The first-order chi connectivity index (χ1) is 18.9. The van der Waals surface area contributed by atoms with Crippen LogP contribution in [0.2, 0.25) is 0 Å². The number of amides is 1. The van der Waals surface area contributed by atoms with Gasteiger partial charge in [0.15, 0.2) is 32.2 Å². The molecule has 212 valence electrons. The summed E-state index contributed by atoms with van der Waals surface area (Å²) in [6.45, 7) is 1.30. The maximum Gasteiger partial charge on any atom is 0.419 e. The molecule has 3 fully saturated rings. The Labute approximate surface area is 232 Å². The Morgan fingerprint density at radius 2 is 1.85 bits per heavy atom. The molecule has 2 aromatic rings. The van der Waals surface area contributed by atoms with Crippen molar-refractivity contribution < 1.29 is 35.5 Å². The number of ether oxygens (including phenoxy) is 1. The second-order valence-electron chi connectivity index (χ2n) is 9.80. The number of anilines is 2. The van der Waals surface area contributed by atoms with Gasteiger partial charge in [-0.3, -0.25) is 14.6 Å². The number of alkyl halides is 3. The highest BCUT2D eigenvalue weighted by Gasteiger charge is 2.60. The zero-order chi connectivity index (χ0) is 28.9. The lowest BCUT2D eigenvalue weighted by Gasteiger charge is -2.43. The van der Waals surface area contributed by atoms with Gasteiger partial charge in [-0.05, 0) is 49.7 Å². The summed E-state index contributed by atoms with van der Waals surface area (Å²) in [5.74, 6) is -1.18. The second-order valence-corrected chi connectivity index (χ2v) is 12.5. The van der Waals surface area contributed by atoms with Crippen molar-refractivity contribution in [3.63, 3.8) is 0 Å². The fourth-order valence-corrected chi connectivity index (χ4v) is 6.84. The number of hydrogen-bond donors (Lipinski definition) is 0. The summed E-state index contributed by atoms with van der Waals surface area (Å²) in [4.78, 5) is 21.5. The largest absolute Gasteiger partial charge is 0.489 e. The highest BCUT2D eigenvalue weighted by molar-refractivity contribution is 7.91. The van der Waals surface area contributed by atoms with E-state index in [0.717, 1.165) is 17.2 Å². The monoisotopic (exact) mass is 597 g/mol. The molecule has 5 rings (SSSR count). The fraction of sp³-hybridized carbons (Fsp3) is 0.440. The number of nitrogens with zero attached hydrogens (tertiary/aromatic N) is 5. The highest BCUT2D eigenvalue weighted by atomic mass is 32.2. The van der Waals surface area contributed by atoms with E-state index in [1.54, 1.807) is 0 Å². The average Bonchev–Trinajstić information content (AvgIpc) is 3.11. The van der Waals surface area contributed by atoms with Crippen LogP contribution in [0, 0.1) is 17.1 Å². The van der Waals surface area contributed by atoms with E-state index in [9.17, 15) is 26.4 Å².